The van der Waals surface area contributed by atoms with Crippen molar-refractivity contribution in [2.75, 3.05) is 18.1 Å². The number of oxime groups is 1. The number of β-lactam (4-membered cyclic amide) rings is 1. The van der Waals surface area contributed by atoms with E-state index in [2.05, 4.69) is 24.7 Å². The molecule has 17 heteroatoms. The Labute approximate surface area is 221 Å². The third-order valence-corrected chi connectivity index (χ3v) is 7.55. The van der Waals surface area contributed by atoms with E-state index in [9.17, 15) is 24.3 Å². The number of anilines is 1. The number of nitrogen functional groups attached to an aromatic ring is 1. The third kappa shape index (κ3) is 4.63. The number of imidazole rings is 1. The monoisotopic (exact) mass is 558 g/mol. The molecule has 3 aromatic heterocycles. The van der Waals surface area contributed by atoms with Crippen LogP contribution in [-0.4, -0.2) is 77.0 Å². The van der Waals surface area contributed by atoms with Gasteiger partial charge >= 0.3 is 5.97 Å². The lowest BCUT2D eigenvalue weighted by Crippen LogP contribution is -2.71. The summed E-state index contributed by atoms with van der Waals surface area (Å²) in [5.74, 6) is -4.35. The molecule has 0 saturated carbocycles. The zero-order valence-electron chi connectivity index (χ0n) is 19.2. The zero-order valence-corrected chi connectivity index (χ0v) is 20.8. The Morgan fingerprint density at radius 2 is 2.16 bits per heavy atom. The number of carbonyl (C=O) groups excluding carboxylic acids is 3. The summed E-state index contributed by atoms with van der Waals surface area (Å²) in [5.41, 5.74) is 6.16. The van der Waals surface area contributed by atoms with E-state index in [4.69, 9.17) is 10.8 Å². The molecule has 0 aliphatic carbocycles. The van der Waals surface area contributed by atoms with Gasteiger partial charge in [0.05, 0.1) is 17.9 Å². The minimum atomic E-state index is -1.50. The van der Waals surface area contributed by atoms with Crippen molar-refractivity contribution in [2.24, 2.45) is 5.16 Å². The van der Waals surface area contributed by atoms with Gasteiger partial charge in [-0.1, -0.05) is 11.2 Å². The van der Waals surface area contributed by atoms with Crippen molar-refractivity contribution < 1.29 is 38.8 Å². The Balaban J connectivity index is 1.36. The molecule has 38 heavy (non-hydrogen) atoms. The summed E-state index contributed by atoms with van der Waals surface area (Å²) in [4.78, 5) is 58.5. The van der Waals surface area contributed by atoms with E-state index in [0.29, 0.717) is 5.57 Å². The second kappa shape index (κ2) is 10.1. The van der Waals surface area contributed by atoms with Crippen molar-refractivity contribution >= 4 is 63.5 Å². The van der Waals surface area contributed by atoms with Crippen LogP contribution in [0, 0.1) is 0 Å². The van der Waals surface area contributed by atoms with Crippen LogP contribution in [0.4, 0.5) is 5.13 Å². The fraction of sp³-hybridized carbons (Fsp3) is 0.238. The molecule has 15 nitrogen and oxygen atoms in total. The maximum absolute atomic E-state index is 13.0. The Kier molecular flexibility index (Phi) is 6.68. The van der Waals surface area contributed by atoms with Crippen LogP contribution in [0.5, 0.6) is 0 Å². The lowest BCUT2D eigenvalue weighted by molar-refractivity contribution is -0.662. The van der Waals surface area contributed by atoms with Crippen LogP contribution in [0.1, 0.15) is 5.82 Å². The van der Waals surface area contributed by atoms with Crippen molar-refractivity contribution in [3.8, 4) is 0 Å². The van der Waals surface area contributed by atoms with Crippen molar-refractivity contribution in [1.82, 2.24) is 24.0 Å². The molecule has 0 spiro atoms. The van der Waals surface area contributed by atoms with Gasteiger partial charge in [-0.15, -0.1) is 11.8 Å². The summed E-state index contributed by atoms with van der Waals surface area (Å²) in [6, 6.07) is 4.51. The van der Waals surface area contributed by atoms with Crippen molar-refractivity contribution in [3.63, 3.8) is 0 Å². The number of aromatic nitrogens is 4. The number of pyridine rings is 1. The maximum atomic E-state index is 13.0. The average Bonchev–Trinajstić information content (AvgIpc) is 3.50. The van der Waals surface area contributed by atoms with E-state index >= 15 is 0 Å². The number of aliphatic carboxylic acids is 2. The minimum Gasteiger partial charge on any atom is -0.543 e. The molecule has 4 N–H and O–H groups in total. The zero-order chi connectivity index (χ0) is 27.0. The highest BCUT2D eigenvalue weighted by atomic mass is 32.2. The molecular formula is C21H18N8O7S2. The van der Waals surface area contributed by atoms with Gasteiger partial charge in [0.2, 0.25) is 18.1 Å². The van der Waals surface area contributed by atoms with Gasteiger partial charge in [-0.25, -0.2) is 13.8 Å². The molecule has 2 aliphatic heterocycles. The van der Waals surface area contributed by atoms with Gasteiger partial charge in [-0.2, -0.15) is 9.36 Å². The van der Waals surface area contributed by atoms with E-state index in [1.807, 2.05) is 39.6 Å². The molecule has 3 aromatic rings. The second-order valence-corrected chi connectivity index (χ2v) is 9.94. The largest absolute Gasteiger partial charge is 0.543 e. The van der Waals surface area contributed by atoms with Crippen molar-refractivity contribution in [1.29, 1.82) is 0 Å². The Morgan fingerprint density at radius 1 is 1.34 bits per heavy atom. The van der Waals surface area contributed by atoms with Crippen LogP contribution in [0.2, 0.25) is 0 Å². The summed E-state index contributed by atoms with van der Waals surface area (Å²) in [5, 5.41) is 26.2. The van der Waals surface area contributed by atoms with E-state index in [1.165, 1.54) is 11.8 Å². The first kappa shape index (κ1) is 25.2. The molecule has 1 saturated heterocycles. The molecule has 2 amide bonds. The van der Waals surface area contributed by atoms with Gasteiger partial charge in [0.25, 0.3) is 17.5 Å². The highest BCUT2D eigenvalue weighted by Crippen LogP contribution is 2.40. The van der Waals surface area contributed by atoms with E-state index in [-0.39, 0.29) is 29.0 Å². The molecular weight excluding hydrogens is 540 g/mol. The first-order chi connectivity index (χ1) is 18.2. The normalized spacial score (nSPS) is 19.2. The number of carboxylic acid groups (broad SMARTS) is 2. The fourth-order valence-electron chi connectivity index (χ4n) is 4.05. The number of rotatable bonds is 9. The molecule has 0 aromatic carbocycles. The third-order valence-electron chi connectivity index (χ3n) is 5.67. The number of nitrogens with two attached hydrogens (primary N) is 1. The number of amides is 2. The summed E-state index contributed by atoms with van der Waals surface area (Å²) >= 11 is 2.06. The molecule has 5 heterocycles. The molecule has 2 atom stereocenters. The number of carbonyl (C=O) groups is 4. The molecule has 1 fully saturated rings. The highest BCUT2D eigenvalue weighted by molar-refractivity contribution is 8.00. The quantitative estimate of drug-likeness (QED) is 0.109. The summed E-state index contributed by atoms with van der Waals surface area (Å²) in [6.45, 7) is -0.609. The van der Waals surface area contributed by atoms with E-state index in [1.54, 1.807) is 6.20 Å². The SMILES string of the molecule is Nc1nc(/C(=N/OCC(=O)O)C(=O)N[C@@H]2C(=O)N3C(C(=O)[O-])=C(C[n+]4ccn5ccccc54)CS[C@H]23)ns1. The van der Waals surface area contributed by atoms with Gasteiger partial charge in [0, 0.05) is 28.9 Å². The van der Waals surface area contributed by atoms with Gasteiger partial charge in [-0.3, -0.25) is 14.5 Å². The number of nitrogens with zero attached hydrogens (tertiary/aromatic N) is 6. The average molecular weight is 559 g/mol. The van der Waals surface area contributed by atoms with Gasteiger partial charge in [0.1, 0.15) is 30.4 Å². The van der Waals surface area contributed by atoms with Crippen molar-refractivity contribution in [2.45, 2.75) is 18.0 Å². The van der Waals surface area contributed by atoms with Gasteiger partial charge < -0.3 is 30.9 Å². The highest BCUT2D eigenvalue weighted by Gasteiger charge is 2.53. The molecule has 2 aliphatic rings. The second-order valence-electron chi connectivity index (χ2n) is 8.06. The van der Waals surface area contributed by atoms with Crippen LogP contribution >= 0.6 is 23.3 Å². The molecule has 0 unspecified atom stereocenters. The number of carboxylic acids is 2. The van der Waals surface area contributed by atoms with E-state index < -0.39 is 47.5 Å². The number of fused-ring (bicyclic) bond motifs is 2. The first-order valence-electron chi connectivity index (χ1n) is 10.9. The Morgan fingerprint density at radius 3 is 2.87 bits per heavy atom. The van der Waals surface area contributed by atoms with Crippen LogP contribution in [0.3, 0.4) is 0 Å². The molecule has 196 valence electrons. The fourth-order valence-corrected chi connectivity index (χ4v) is 5.82. The maximum Gasteiger partial charge on any atom is 0.344 e. The summed E-state index contributed by atoms with van der Waals surface area (Å²) in [6.07, 6.45) is 5.49. The predicted octanol–water partition coefficient (Wildman–Crippen LogP) is -2.43. The van der Waals surface area contributed by atoms with Crippen LogP contribution in [-0.2, 0) is 30.6 Å². The number of thioether (sulfide) groups is 1. The van der Waals surface area contributed by atoms with Crippen LogP contribution in [0.15, 0.2) is 53.2 Å². The van der Waals surface area contributed by atoms with Crippen LogP contribution in [0.25, 0.3) is 5.65 Å². The Bertz CT molecular complexity index is 1530. The van der Waals surface area contributed by atoms with Crippen LogP contribution < -0.4 is 20.7 Å². The number of hydrogen-bond acceptors (Lipinski definition) is 12. The minimum absolute atomic E-state index is 0.0256. The first-order valence-corrected chi connectivity index (χ1v) is 12.7. The molecule has 5 rings (SSSR count). The number of nitrogens with one attached hydrogen (secondary N) is 1. The topological polar surface area (TPSA) is 209 Å². The predicted molar refractivity (Wildman–Crippen MR) is 129 cm³/mol. The summed E-state index contributed by atoms with van der Waals surface area (Å²) in [7, 11) is 0. The summed E-state index contributed by atoms with van der Waals surface area (Å²) < 4.78 is 7.61. The lowest BCUT2D eigenvalue weighted by atomic mass is 10.0. The smallest absolute Gasteiger partial charge is 0.344 e. The lowest BCUT2D eigenvalue weighted by Gasteiger charge is -2.50. The molecule has 0 bridgehead atoms. The van der Waals surface area contributed by atoms with Gasteiger partial charge in [-0.05, 0) is 6.07 Å². The van der Waals surface area contributed by atoms with Gasteiger partial charge in [0.15, 0.2) is 5.13 Å². The van der Waals surface area contributed by atoms with E-state index in [0.717, 1.165) is 22.1 Å². The van der Waals surface area contributed by atoms with Crippen molar-refractivity contribution in [3.05, 3.63) is 53.9 Å². The number of hydrogen-bond donors (Lipinski definition) is 3. The standard InChI is InChI=1S/C21H18N8O7S2/c22-21-24-16(26-38-21)13(25-36-8-12(30)31)17(32)23-14-18(33)29-15(20(34)35)10(9-37-19(14)29)7-28-6-5-27-4-2-1-3-11(27)28/h1-6,14,19H,7-9H2,(H4-,22,23,24,26,30,31,32,34,35)/b25-13-/t14-,19-/m1/s1. The Hall–Kier alpha value is -4.51. The molecule has 0 radical (unpaired) electrons.